The van der Waals surface area contributed by atoms with Gasteiger partial charge in [-0.25, -0.2) is 4.79 Å². The van der Waals surface area contributed by atoms with Gasteiger partial charge in [0.2, 0.25) is 0 Å². The van der Waals surface area contributed by atoms with E-state index in [9.17, 15) is 4.79 Å². The molecule has 0 spiro atoms. The molecule has 1 aliphatic rings. The van der Waals surface area contributed by atoms with Crippen LogP contribution in [0.5, 0.6) is 11.5 Å². The Morgan fingerprint density at radius 2 is 1.86 bits per heavy atom. The Hall–Kier alpha value is -3.41. The molecule has 0 saturated carbocycles. The van der Waals surface area contributed by atoms with Gasteiger partial charge in [0.25, 0.3) is 0 Å². The molecule has 3 aromatic rings. The fraction of sp³-hybridized carbons (Fsp3) is 0.261. The molecule has 150 valence electrons. The number of aromatic nitrogens is 1. The number of ether oxygens (including phenoxy) is 2. The van der Waals surface area contributed by atoms with Gasteiger partial charge >= 0.3 is 6.03 Å². The average molecular weight is 391 g/mol. The summed E-state index contributed by atoms with van der Waals surface area (Å²) in [5.41, 5.74) is 2.74. The number of hydrogen-bond donors (Lipinski definition) is 1. The summed E-state index contributed by atoms with van der Waals surface area (Å²) in [4.78, 5) is 15.0. The average Bonchev–Trinajstić information content (AvgIpc) is 3.45. The van der Waals surface area contributed by atoms with Crippen LogP contribution < -0.4 is 14.8 Å². The minimum atomic E-state index is -0.109. The second-order valence-electron chi connectivity index (χ2n) is 7.03. The molecule has 6 heteroatoms. The summed E-state index contributed by atoms with van der Waals surface area (Å²) in [5.74, 6) is 1.53. The van der Waals surface area contributed by atoms with Crippen LogP contribution in [0.4, 0.5) is 10.5 Å². The van der Waals surface area contributed by atoms with Crippen LogP contribution in [-0.2, 0) is 0 Å². The molecule has 1 aliphatic heterocycles. The van der Waals surface area contributed by atoms with Crippen LogP contribution in [0.15, 0.2) is 67.0 Å². The third-order valence-corrected chi connectivity index (χ3v) is 5.31. The quantitative estimate of drug-likeness (QED) is 0.675. The monoisotopic (exact) mass is 391 g/mol. The highest BCUT2D eigenvalue weighted by Gasteiger charge is 2.32. The van der Waals surface area contributed by atoms with Crippen LogP contribution in [0.2, 0.25) is 0 Å². The molecule has 1 aromatic heterocycles. The number of urea groups is 1. The molecule has 4 rings (SSSR count). The van der Waals surface area contributed by atoms with Crippen LogP contribution in [0.1, 0.15) is 24.4 Å². The topological polar surface area (TPSA) is 55.7 Å². The van der Waals surface area contributed by atoms with E-state index >= 15 is 0 Å². The number of anilines is 1. The van der Waals surface area contributed by atoms with Crippen LogP contribution in [0.25, 0.3) is 5.69 Å². The summed E-state index contributed by atoms with van der Waals surface area (Å²) < 4.78 is 12.9. The minimum Gasteiger partial charge on any atom is -0.497 e. The van der Waals surface area contributed by atoms with Crippen molar-refractivity contribution in [1.82, 2.24) is 9.47 Å². The maximum Gasteiger partial charge on any atom is 0.322 e. The lowest BCUT2D eigenvalue weighted by molar-refractivity contribution is 0.206. The highest BCUT2D eigenvalue weighted by atomic mass is 16.5. The Bertz CT molecular complexity index is 985. The number of likely N-dealkylation sites (tertiary alicyclic amines) is 1. The van der Waals surface area contributed by atoms with E-state index in [4.69, 9.17) is 9.47 Å². The van der Waals surface area contributed by atoms with E-state index in [0.717, 1.165) is 41.3 Å². The van der Waals surface area contributed by atoms with Gasteiger partial charge in [-0.1, -0.05) is 6.07 Å². The largest absolute Gasteiger partial charge is 0.497 e. The number of benzene rings is 2. The molecular formula is C23H25N3O3. The van der Waals surface area contributed by atoms with Gasteiger partial charge in [-0.15, -0.1) is 0 Å². The van der Waals surface area contributed by atoms with Crippen molar-refractivity contribution in [3.8, 4) is 17.2 Å². The van der Waals surface area contributed by atoms with Crippen molar-refractivity contribution in [3.05, 3.63) is 72.6 Å². The second-order valence-corrected chi connectivity index (χ2v) is 7.03. The Balaban J connectivity index is 1.55. The maximum atomic E-state index is 13.1. The van der Waals surface area contributed by atoms with Crippen LogP contribution in [-0.4, -0.2) is 36.3 Å². The molecule has 1 saturated heterocycles. The number of rotatable bonds is 5. The first-order valence-corrected chi connectivity index (χ1v) is 9.72. The molecule has 0 radical (unpaired) electrons. The Morgan fingerprint density at radius 1 is 1.03 bits per heavy atom. The Kier molecular flexibility index (Phi) is 5.42. The lowest BCUT2D eigenvalue weighted by atomic mass is 10.0. The molecule has 6 nitrogen and oxygen atoms in total. The van der Waals surface area contributed by atoms with Gasteiger partial charge in [0.15, 0.2) is 0 Å². The number of carbonyl (C=O) groups excluding carboxylic acids is 1. The SMILES string of the molecule is COc1ccc(OC)c(C2CCCN2C(=O)Nc2cccc(-n3cccc3)c2)c1. The molecule has 1 unspecified atom stereocenters. The molecular weight excluding hydrogens is 366 g/mol. The molecule has 0 aliphatic carbocycles. The number of nitrogens with one attached hydrogen (secondary N) is 1. The smallest absolute Gasteiger partial charge is 0.322 e. The highest BCUT2D eigenvalue weighted by Crippen LogP contribution is 2.39. The van der Waals surface area contributed by atoms with Crippen molar-refractivity contribution in [1.29, 1.82) is 0 Å². The van der Waals surface area contributed by atoms with Crippen LogP contribution >= 0.6 is 0 Å². The third-order valence-electron chi connectivity index (χ3n) is 5.31. The van der Waals surface area contributed by atoms with E-state index in [0.29, 0.717) is 6.54 Å². The molecule has 1 N–H and O–H groups in total. The molecule has 1 atom stereocenters. The molecule has 2 aromatic carbocycles. The first kappa shape index (κ1) is 18.9. The van der Waals surface area contributed by atoms with Crippen molar-refractivity contribution in [2.75, 3.05) is 26.1 Å². The molecule has 2 amide bonds. The second kappa shape index (κ2) is 8.31. The number of methoxy groups -OCH3 is 2. The fourth-order valence-electron chi connectivity index (χ4n) is 3.88. The van der Waals surface area contributed by atoms with Crippen LogP contribution in [0.3, 0.4) is 0 Å². The van der Waals surface area contributed by atoms with Gasteiger partial charge < -0.3 is 24.3 Å². The lowest BCUT2D eigenvalue weighted by Crippen LogP contribution is -2.34. The summed E-state index contributed by atoms with van der Waals surface area (Å²) in [6.07, 6.45) is 5.79. The van der Waals surface area contributed by atoms with E-state index in [1.165, 1.54) is 0 Å². The van der Waals surface area contributed by atoms with E-state index in [2.05, 4.69) is 5.32 Å². The number of amides is 2. The zero-order valence-corrected chi connectivity index (χ0v) is 16.7. The standard InChI is InChI=1S/C23H25N3O3/c1-28-19-10-11-22(29-2)20(16-19)21-9-6-14-26(21)23(27)24-17-7-5-8-18(15-17)25-12-3-4-13-25/h3-5,7-8,10-13,15-16,21H,6,9,14H2,1-2H3,(H,24,27). The number of nitrogens with zero attached hydrogens (tertiary/aromatic N) is 2. The summed E-state index contributed by atoms with van der Waals surface area (Å²) in [6, 6.07) is 17.3. The first-order chi connectivity index (χ1) is 14.2. The minimum absolute atomic E-state index is 0.0484. The molecule has 2 heterocycles. The molecule has 0 bridgehead atoms. The lowest BCUT2D eigenvalue weighted by Gasteiger charge is -2.27. The van der Waals surface area contributed by atoms with Crippen LogP contribution in [0, 0.1) is 0 Å². The predicted molar refractivity (Wildman–Crippen MR) is 113 cm³/mol. The van der Waals surface area contributed by atoms with Crippen molar-refractivity contribution < 1.29 is 14.3 Å². The summed E-state index contributed by atoms with van der Waals surface area (Å²) >= 11 is 0. The van der Waals surface area contributed by atoms with Crippen molar-refractivity contribution in [3.63, 3.8) is 0 Å². The van der Waals surface area contributed by atoms with Gasteiger partial charge in [-0.3, -0.25) is 0 Å². The highest BCUT2D eigenvalue weighted by molar-refractivity contribution is 5.90. The Morgan fingerprint density at radius 3 is 2.62 bits per heavy atom. The zero-order chi connectivity index (χ0) is 20.2. The van der Waals surface area contributed by atoms with Gasteiger partial charge in [0.1, 0.15) is 11.5 Å². The third kappa shape index (κ3) is 3.92. The predicted octanol–water partition coefficient (Wildman–Crippen LogP) is 4.86. The molecule has 1 fully saturated rings. The number of carbonyl (C=O) groups is 1. The van der Waals surface area contributed by atoms with Gasteiger partial charge in [-0.2, -0.15) is 0 Å². The van der Waals surface area contributed by atoms with E-state index in [1.807, 2.05) is 76.5 Å². The fourth-order valence-corrected chi connectivity index (χ4v) is 3.88. The van der Waals surface area contributed by atoms with Crippen molar-refractivity contribution in [2.24, 2.45) is 0 Å². The summed E-state index contributed by atoms with van der Waals surface area (Å²) in [7, 11) is 3.29. The van der Waals surface area contributed by atoms with Crippen molar-refractivity contribution >= 4 is 11.7 Å². The van der Waals surface area contributed by atoms with Gasteiger partial charge in [-0.05, 0) is 61.4 Å². The maximum absolute atomic E-state index is 13.1. The van der Waals surface area contributed by atoms with Gasteiger partial charge in [0.05, 0.1) is 20.3 Å². The van der Waals surface area contributed by atoms with E-state index in [1.54, 1.807) is 14.2 Å². The zero-order valence-electron chi connectivity index (χ0n) is 16.7. The summed E-state index contributed by atoms with van der Waals surface area (Å²) in [6.45, 7) is 0.703. The number of hydrogen-bond acceptors (Lipinski definition) is 3. The van der Waals surface area contributed by atoms with Crippen molar-refractivity contribution in [2.45, 2.75) is 18.9 Å². The van der Waals surface area contributed by atoms with Gasteiger partial charge in [0, 0.05) is 35.9 Å². The van der Waals surface area contributed by atoms with E-state index < -0.39 is 0 Å². The Labute approximate surface area is 170 Å². The van der Waals surface area contributed by atoms with E-state index in [-0.39, 0.29) is 12.1 Å². The summed E-state index contributed by atoms with van der Waals surface area (Å²) in [5, 5.41) is 3.05. The first-order valence-electron chi connectivity index (χ1n) is 9.72. The normalized spacial score (nSPS) is 15.9. The molecule has 29 heavy (non-hydrogen) atoms.